The van der Waals surface area contributed by atoms with Gasteiger partial charge in [0, 0.05) is 34.4 Å². The van der Waals surface area contributed by atoms with Crippen LogP contribution in [-0.4, -0.2) is 22.8 Å². The van der Waals surface area contributed by atoms with Crippen molar-refractivity contribution in [1.29, 1.82) is 0 Å². The quantitative estimate of drug-likeness (QED) is 0.828. The van der Waals surface area contributed by atoms with Crippen LogP contribution in [0, 0.1) is 0 Å². The van der Waals surface area contributed by atoms with Crippen LogP contribution in [0.15, 0.2) is 24.3 Å². The molecule has 0 radical (unpaired) electrons. The second kappa shape index (κ2) is 5.88. The van der Waals surface area contributed by atoms with Gasteiger partial charge in [0.05, 0.1) is 6.61 Å². The molecule has 1 aromatic rings. The molecule has 0 saturated carbocycles. The Hall–Kier alpha value is -0.870. The lowest BCUT2D eigenvalue weighted by molar-refractivity contribution is 0.335. The molecule has 0 aromatic heterocycles. The minimum absolute atomic E-state index is 0.224. The maximum atomic E-state index is 11.1. The molecule has 2 atom stereocenters. The molecule has 4 heteroatoms. The third-order valence-electron chi connectivity index (χ3n) is 2.03. The van der Waals surface area contributed by atoms with Crippen LogP contribution >= 0.6 is 0 Å². The van der Waals surface area contributed by atoms with E-state index in [-0.39, 0.29) is 6.04 Å². The number of para-hydroxylation sites is 1. The Morgan fingerprint density at radius 2 is 2.13 bits per heavy atom. The van der Waals surface area contributed by atoms with Gasteiger partial charge in [0.15, 0.2) is 0 Å². The Morgan fingerprint density at radius 1 is 1.47 bits per heavy atom. The van der Waals surface area contributed by atoms with Crippen molar-refractivity contribution in [3.63, 3.8) is 0 Å². The van der Waals surface area contributed by atoms with E-state index in [1.54, 1.807) is 6.26 Å². The molecular formula is C11H17NO2S. The van der Waals surface area contributed by atoms with Crippen LogP contribution < -0.4 is 10.5 Å². The average molecular weight is 227 g/mol. The topological polar surface area (TPSA) is 52.3 Å². The fourth-order valence-corrected chi connectivity index (χ4v) is 2.10. The molecule has 0 bridgehead atoms. The molecule has 0 fully saturated rings. The lowest BCUT2D eigenvalue weighted by atomic mass is 10.1. The van der Waals surface area contributed by atoms with Gasteiger partial charge < -0.3 is 10.5 Å². The zero-order chi connectivity index (χ0) is 11.3. The van der Waals surface area contributed by atoms with Crippen molar-refractivity contribution >= 4 is 10.8 Å². The summed E-state index contributed by atoms with van der Waals surface area (Å²) in [4.78, 5) is 0. The predicted octanol–water partition coefficient (Wildman–Crippen LogP) is 1.46. The van der Waals surface area contributed by atoms with Gasteiger partial charge in [0.1, 0.15) is 5.75 Å². The van der Waals surface area contributed by atoms with Crippen molar-refractivity contribution in [3.05, 3.63) is 29.8 Å². The van der Waals surface area contributed by atoms with E-state index in [2.05, 4.69) is 0 Å². The zero-order valence-corrected chi connectivity index (χ0v) is 9.92. The summed E-state index contributed by atoms with van der Waals surface area (Å²) in [6, 6.07) is 7.40. The average Bonchev–Trinajstić information content (AvgIpc) is 2.18. The summed E-state index contributed by atoms with van der Waals surface area (Å²) in [5.41, 5.74) is 6.88. The normalized spacial score (nSPS) is 14.6. The predicted molar refractivity (Wildman–Crippen MR) is 63.5 cm³/mol. The molecule has 0 saturated heterocycles. The lowest BCUT2D eigenvalue weighted by Gasteiger charge is -2.15. The second-order valence-corrected chi connectivity index (χ2v) is 4.80. The molecule has 84 valence electrons. The summed E-state index contributed by atoms with van der Waals surface area (Å²) in [7, 11) is -0.889. The van der Waals surface area contributed by atoms with Gasteiger partial charge in [-0.25, -0.2) is 0 Å². The molecule has 0 spiro atoms. The summed E-state index contributed by atoms with van der Waals surface area (Å²) in [5, 5.41) is 0. The molecule has 0 aliphatic carbocycles. The SMILES string of the molecule is CCOc1ccccc1C(N)CS(C)=O. The summed E-state index contributed by atoms with van der Waals surface area (Å²) in [6.07, 6.45) is 1.66. The van der Waals surface area contributed by atoms with Crippen LogP contribution in [0.5, 0.6) is 5.75 Å². The van der Waals surface area contributed by atoms with Crippen LogP contribution in [0.1, 0.15) is 18.5 Å². The third-order valence-corrected chi connectivity index (χ3v) is 2.86. The highest BCUT2D eigenvalue weighted by molar-refractivity contribution is 7.84. The van der Waals surface area contributed by atoms with Crippen LogP contribution in [0.2, 0.25) is 0 Å². The van der Waals surface area contributed by atoms with Crippen molar-refractivity contribution in [2.75, 3.05) is 18.6 Å². The smallest absolute Gasteiger partial charge is 0.124 e. The van der Waals surface area contributed by atoms with Gasteiger partial charge >= 0.3 is 0 Å². The van der Waals surface area contributed by atoms with Gasteiger partial charge in [-0.15, -0.1) is 0 Å². The van der Waals surface area contributed by atoms with E-state index in [0.717, 1.165) is 11.3 Å². The Morgan fingerprint density at radius 3 is 2.73 bits per heavy atom. The number of benzene rings is 1. The Bertz CT molecular complexity index is 341. The molecule has 3 nitrogen and oxygen atoms in total. The van der Waals surface area contributed by atoms with Gasteiger partial charge in [-0.2, -0.15) is 0 Å². The summed E-state index contributed by atoms with van der Waals surface area (Å²) < 4.78 is 16.5. The Kier molecular flexibility index (Phi) is 4.78. The Labute approximate surface area is 93.1 Å². The minimum Gasteiger partial charge on any atom is -0.494 e. The number of ether oxygens (including phenoxy) is 1. The van der Waals surface area contributed by atoms with Crippen molar-refractivity contribution in [3.8, 4) is 5.75 Å². The fourth-order valence-electron chi connectivity index (χ4n) is 1.42. The lowest BCUT2D eigenvalue weighted by Crippen LogP contribution is -2.18. The standard InChI is InChI=1S/C11H17NO2S/c1-3-14-11-7-5-4-6-9(11)10(12)8-15(2)13/h4-7,10H,3,8,12H2,1-2H3. The molecule has 1 rings (SSSR count). The molecule has 2 unspecified atom stereocenters. The van der Waals surface area contributed by atoms with Crippen molar-refractivity contribution < 1.29 is 8.95 Å². The van der Waals surface area contributed by atoms with Crippen LogP contribution in [0.3, 0.4) is 0 Å². The first-order valence-electron chi connectivity index (χ1n) is 4.92. The first-order chi connectivity index (χ1) is 7.15. The first-order valence-corrected chi connectivity index (χ1v) is 6.65. The molecule has 0 heterocycles. The molecular weight excluding hydrogens is 210 g/mol. The monoisotopic (exact) mass is 227 g/mol. The molecule has 1 aromatic carbocycles. The minimum atomic E-state index is -0.889. The molecule has 0 amide bonds. The number of rotatable bonds is 5. The van der Waals surface area contributed by atoms with Crippen molar-refractivity contribution in [2.45, 2.75) is 13.0 Å². The Balaban J connectivity index is 2.86. The highest BCUT2D eigenvalue weighted by Crippen LogP contribution is 2.23. The van der Waals surface area contributed by atoms with E-state index in [0.29, 0.717) is 12.4 Å². The number of hydrogen-bond donors (Lipinski definition) is 1. The molecule has 0 aliphatic rings. The largest absolute Gasteiger partial charge is 0.494 e. The van der Waals surface area contributed by atoms with Gasteiger partial charge in [0.25, 0.3) is 0 Å². The highest BCUT2D eigenvalue weighted by Gasteiger charge is 2.12. The maximum Gasteiger partial charge on any atom is 0.124 e. The van der Waals surface area contributed by atoms with Gasteiger partial charge in [0.2, 0.25) is 0 Å². The van der Waals surface area contributed by atoms with E-state index in [4.69, 9.17) is 10.5 Å². The summed E-state index contributed by atoms with van der Waals surface area (Å²) >= 11 is 0. The molecule has 15 heavy (non-hydrogen) atoms. The van der Waals surface area contributed by atoms with E-state index in [9.17, 15) is 4.21 Å². The van der Waals surface area contributed by atoms with Crippen molar-refractivity contribution in [1.82, 2.24) is 0 Å². The maximum absolute atomic E-state index is 11.1. The first kappa shape index (κ1) is 12.2. The van der Waals surface area contributed by atoms with Crippen LogP contribution in [0.25, 0.3) is 0 Å². The summed E-state index contributed by atoms with van der Waals surface area (Å²) in [5.74, 6) is 1.25. The van der Waals surface area contributed by atoms with E-state index in [1.807, 2.05) is 31.2 Å². The summed E-state index contributed by atoms with van der Waals surface area (Å²) in [6.45, 7) is 2.54. The van der Waals surface area contributed by atoms with Gasteiger partial charge in [-0.3, -0.25) is 4.21 Å². The van der Waals surface area contributed by atoms with Gasteiger partial charge in [-0.05, 0) is 13.0 Å². The van der Waals surface area contributed by atoms with Crippen LogP contribution in [-0.2, 0) is 10.8 Å². The van der Waals surface area contributed by atoms with Gasteiger partial charge in [-0.1, -0.05) is 18.2 Å². The van der Waals surface area contributed by atoms with E-state index >= 15 is 0 Å². The van der Waals surface area contributed by atoms with Crippen molar-refractivity contribution in [2.24, 2.45) is 5.73 Å². The molecule has 0 aliphatic heterocycles. The zero-order valence-electron chi connectivity index (χ0n) is 9.10. The third kappa shape index (κ3) is 3.64. The second-order valence-electron chi connectivity index (χ2n) is 3.32. The van der Waals surface area contributed by atoms with E-state index in [1.165, 1.54) is 0 Å². The fraction of sp³-hybridized carbons (Fsp3) is 0.455. The number of hydrogen-bond acceptors (Lipinski definition) is 3. The van der Waals surface area contributed by atoms with E-state index < -0.39 is 10.8 Å². The number of nitrogens with two attached hydrogens (primary N) is 1. The molecule has 2 N–H and O–H groups in total. The van der Waals surface area contributed by atoms with Crippen LogP contribution in [0.4, 0.5) is 0 Å². The highest BCUT2D eigenvalue weighted by atomic mass is 32.2.